The molecule has 0 amide bonds. The lowest BCUT2D eigenvalue weighted by Crippen LogP contribution is -2.30. The van der Waals surface area contributed by atoms with E-state index in [0.717, 1.165) is 5.56 Å². The van der Waals surface area contributed by atoms with Crippen LogP contribution in [0.5, 0.6) is 0 Å². The normalized spacial score (nSPS) is 17.2. The first-order valence-corrected chi connectivity index (χ1v) is 9.70. The van der Waals surface area contributed by atoms with E-state index in [0.29, 0.717) is 5.92 Å². The molecule has 0 aromatic heterocycles. The summed E-state index contributed by atoms with van der Waals surface area (Å²) >= 11 is 0. The van der Waals surface area contributed by atoms with Gasteiger partial charge in [-0.15, -0.1) is 0 Å². The molecule has 0 aliphatic heterocycles. The van der Waals surface area contributed by atoms with Crippen LogP contribution in [0.3, 0.4) is 0 Å². The molecule has 25 heavy (non-hydrogen) atoms. The Morgan fingerprint density at radius 2 is 1.52 bits per heavy atom. The van der Waals surface area contributed by atoms with Gasteiger partial charge in [0.05, 0.1) is 0 Å². The smallest absolute Gasteiger partial charge is 0.169 e. The molecule has 1 unspecified atom stereocenters. The number of rotatable bonds is 5. The van der Waals surface area contributed by atoms with Gasteiger partial charge >= 0.3 is 0 Å². The fourth-order valence-electron chi connectivity index (χ4n) is 4.07. The Balaban J connectivity index is 1.77. The third-order valence-corrected chi connectivity index (χ3v) is 6.22. The van der Waals surface area contributed by atoms with Crippen LogP contribution in [0, 0.1) is 5.41 Å². The van der Waals surface area contributed by atoms with Gasteiger partial charge in [-0.1, -0.05) is 94.6 Å². The summed E-state index contributed by atoms with van der Waals surface area (Å²) in [6.07, 6.45) is 6.65. The Kier molecular flexibility index (Phi) is 5.42. The Hall–Kier alpha value is -1.89. The van der Waals surface area contributed by atoms with Gasteiger partial charge in [-0.2, -0.15) is 0 Å². The molecule has 1 fully saturated rings. The molecule has 1 atom stereocenters. The minimum absolute atomic E-state index is 0.180. The van der Waals surface area contributed by atoms with Gasteiger partial charge in [0.15, 0.2) is 5.78 Å². The van der Waals surface area contributed by atoms with Crippen molar-refractivity contribution in [1.29, 1.82) is 0 Å². The Labute approximate surface area is 152 Å². The average molecular weight is 335 g/mol. The van der Waals surface area contributed by atoms with Crippen molar-refractivity contribution in [3.63, 3.8) is 0 Å². The zero-order chi connectivity index (χ0) is 17.9. The molecular weight excluding hydrogens is 304 g/mol. The predicted molar refractivity (Wildman–Crippen MR) is 105 cm³/mol. The van der Waals surface area contributed by atoms with Gasteiger partial charge < -0.3 is 0 Å². The second kappa shape index (κ2) is 7.56. The molecule has 3 rings (SSSR count). The summed E-state index contributed by atoms with van der Waals surface area (Å²) in [5.74, 6) is 1.10. The molecule has 0 heterocycles. The molecule has 0 radical (unpaired) electrons. The lowest BCUT2D eigenvalue weighted by molar-refractivity contribution is 0.0807. The zero-order valence-electron chi connectivity index (χ0n) is 15.8. The van der Waals surface area contributed by atoms with Crippen molar-refractivity contribution in [2.45, 2.75) is 64.7 Å². The van der Waals surface area contributed by atoms with Crippen LogP contribution in [-0.2, 0) is 0 Å². The first-order chi connectivity index (χ1) is 12.0. The molecule has 2 aromatic carbocycles. The number of hydrogen-bond acceptors (Lipinski definition) is 1. The molecule has 0 spiro atoms. The second-order valence-electron chi connectivity index (χ2n) is 8.14. The molecule has 0 bridgehead atoms. The molecule has 1 aliphatic carbocycles. The number of carbonyl (C=O) groups excluding carboxylic acids is 1. The van der Waals surface area contributed by atoms with Gasteiger partial charge in [0.2, 0.25) is 0 Å². The van der Waals surface area contributed by atoms with Crippen molar-refractivity contribution in [3.8, 4) is 0 Å². The van der Waals surface area contributed by atoms with Crippen LogP contribution in [0.4, 0.5) is 0 Å². The molecular formula is C24H30O. The molecule has 1 heteroatoms. The fraction of sp³-hybridized carbons (Fsp3) is 0.458. The highest BCUT2D eigenvalue weighted by molar-refractivity contribution is 6.00. The first kappa shape index (κ1) is 17.9. The molecule has 0 saturated heterocycles. The quantitative estimate of drug-likeness (QED) is 0.553. The number of Topliss-reactive ketones (excluding diaryl/α,β-unsaturated/α-hetero) is 1. The Bertz CT molecular complexity index is 691. The molecule has 2 aromatic rings. The minimum Gasteiger partial charge on any atom is -0.294 e. The second-order valence-corrected chi connectivity index (χ2v) is 8.14. The Morgan fingerprint density at radius 3 is 2.12 bits per heavy atom. The van der Waals surface area contributed by atoms with Crippen molar-refractivity contribution >= 4 is 5.78 Å². The van der Waals surface area contributed by atoms with E-state index in [2.05, 4.69) is 45.0 Å². The van der Waals surface area contributed by atoms with Gasteiger partial charge in [-0.3, -0.25) is 4.79 Å². The van der Waals surface area contributed by atoms with E-state index < -0.39 is 5.41 Å². The summed E-state index contributed by atoms with van der Waals surface area (Å²) in [4.78, 5) is 13.2. The van der Waals surface area contributed by atoms with Crippen molar-refractivity contribution in [2.75, 3.05) is 0 Å². The first-order valence-electron chi connectivity index (χ1n) is 9.70. The summed E-state index contributed by atoms with van der Waals surface area (Å²) < 4.78 is 0. The van der Waals surface area contributed by atoms with Crippen molar-refractivity contribution in [2.24, 2.45) is 5.41 Å². The van der Waals surface area contributed by atoms with Crippen LogP contribution < -0.4 is 0 Å². The van der Waals surface area contributed by atoms with E-state index >= 15 is 0 Å². The van der Waals surface area contributed by atoms with Gasteiger partial charge in [-0.05, 0) is 35.8 Å². The average Bonchev–Trinajstić information content (AvgIpc) is 2.68. The van der Waals surface area contributed by atoms with Crippen LogP contribution in [0.2, 0.25) is 0 Å². The highest BCUT2D eigenvalue weighted by Crippen LogP contribution is 2.38. The molecule has 1 saturated carbocycles. The predicted octanol–water partition coefficient (Wildman–Crippen LogP) is 6.75. The highest BCUT2D eigenvalue weighted by atomic mass is 16.1. The molecule has 1 aliphatic rings. The van der Waals surface area contributed by atoms with Crippen LogP contribution in [0.1, 0.15) is 86.2 Å². The summed E-state index contributed by atoms with van der Waals surface area (Å²) in [7, 11) is 0. The van der Waals surface area contributed by atoms with Crippen molar-refractivity contribution in [1.82, 2.24) is 0 Å². The maximum Gasteiger partial charge on any atom is 0.169 e. The minimum atomic E-state index is -0.423. The van der Waals surface area contributed by atoms with Crippen molar-refractivity contribution in [3.05, 3.63) is 71.3 Å². The zero-order valence-corrected chi connectivity index (χ0v) is 15.8. The lowest BCUT2D eigenvalue weighted by atomic mass is 9.71. The topological polar surface area (TPSA) is 17.1 Å². The lowest BCUT2D eigenvalue weighted by Gasteiger charge is -2.31. The van der Waals surface area contributed by atoms with Crippen LogP contribution in [0.25, 0.3) is 0 Å². The van der Waals surface area contributed by atoms with Crippen LogP contribution >= 0.6 is 0 Å². The molecule has 1 nitrogen and oxygen atoms in total. The van der Waals surface area contributed by atoms with Crippen LogP contribution in [-0.4, -0.2) is 5.78 Å². The highest BCUT2D eigenvalue weighted by Gasteiger charge is 2.35. The summed E-state index contributed by atoms with van der Waals surface area (Å²) in [6, 6.07) is 18.8. The van der Waals surface area contributed by atoms with Gasteiger partial charge in [0.1, 0.15) is 0 Å². The maximum atomic E-state index is 13.2. The third kappa shape index (κ3) is 3.86. The molecule has 0 N–H and O–H groups in total. The number of benzene rings is 2. The van der Waals surface area contributed by atoms with E-state index in [1.165, 1.54) is 43.2 Å². The van der Waals surface area contributed by atoms with Crippen LogP contribution in [0.15, 0.2) is 54.6 Å². The number of hydrogen-bond donors (Lipinski definition) is 0. The SMILES string of the molecule is CC(c1ccccc1)C(C)(C)C(=O)c1ccc(C2CCCCC2)cc1. The number of ketones is 1. The van der Waals surface area contributed by atoms with E-state index in [9.17, 15) is 4.79 Å². The molecule has 132 valence electrons. The largest absolute Gasteiger partial charge is 0.294 e. The third-order valence-electron chi connectivity index (χ3n) is 6.22. The number of carbonyl (C=O) groups is 1. The summed E-state index contributed by atoms with van der Waals surface area (Å²) in [5.41, 5.74) is 3.05. The summed E-state index contributed by atoms with van der Waals surface area (Å²) in [5, 5.41) is 0. The monoisotopic (exact) mass is 334 g/mol. The Morgan fingerprint density at radius 1 is 0.920 bits per heavy atom. The van der Waals surface area contributed by atoms with E-state index in [1.54, 1.807) is 0 Å². The van der Waals surface area contributed by atoms with E-state index in [4.69, 9.17) is 0 Å². The standard InChI is InChI=1S/C24H30O/c1-18(19-10-6-4-7-11-19)24(2,3)23(25)22-16-14-21(15-17-22)20-12-8-5-9-13-20/h4,6-7,10-11,14-18,20H,5,8-9,12-13H2,1-3H3. The van der Waals surface area contributed by atoms with E-state index in [-0.39, 0.29) is 11.7 Å². The summed E-state index contributed by atoms with van der Waals surface area (Å²) in [6.45, 7) is 6.30. The van der Waals surface area contributed by atoms with Gasteiger partial charge in [-0.25, -0.2) is 0 Å². The van der Waals surface area contributed by atoms with Gasteiger partial charge in [0.25, 0.3) is 0 Å². The fourth-order valence-corrected chi connectivity index (χ4v) is 4.07. The van der Waals surface area contributed by atoms with Gasteiger partial charge in [0, 0.05) is 11.0 Å². The van der Waals surface area contributed by atoms with Crippen molar-refractivity contribution < 1.29 is 4.79 Å². The maximum absolute atomic E-state index is 13.2. The van der Waals surface area contributed by atoms with E-state index in [1.807, 2.05) is 30.3 Å².